The Morgan fingerprint density at radius 2 is 2.22 bits per heavy atom. The SMILES string of the molecule is COC(=O)CC1(N)CCCc2cc(OC)ccc21. The Bertz CT molecular complexity index is 458. The van der Waals surface area contributed by atoms with Gasteiger partial charge in [0.2, 0.25) is 0 Å². The predicted molar refractivity (Wildman–Crippen MR) is 68.4 cm³/mol. The molecule has 1 aromatic rings. The van der Waals surface area contributed by atoms with Crippen LogP contribution in [0.4, 0.5) is 0 Å². The molecule has 0 saturated carbocycles. The van der Waals surface area contributed by atoms with Gasteiger partial charge in [-0.3, -0.25) is 4.79 Å². The van der Waals surface area contributed by atoms with Gasteiger partial charge in [-0.25, -0.2) is 0 Å². The van der Waals surface area contributed by atoms with Gasteiger partial charge >= 0.3 is 5.97 Å². The first-order valence-electron chi connectivity index (χ1n) is 6.12. The maximum atomic E-state index is 11.5. The van der Waals surface area contributed by atoms with E-state index in [1.807, 2.05) is 18.2 Å². The van der Waals surface area contributed by atoms with Crippen molar-refractivity contribution in [1.29, 1.82) is 0 Å². The second-order valence-corrected chi connectivity index (χ2v) is 4.79. The molecule has 1 aliphatic rings. The molecule has 0 heterocycles. The second-order valence-electron chi connectivity index (χ2n) is 4.79. The smallest absolute Gasteiger partial charge is 0.307 e. The van der Waals surface area contributed by atoms with E-state index in [0.717, 1.165) is 30.6 Å². The summed E-state index contributed by atoms with van der Waals surface area (Å²) in [6.45, 7) is 0. The highest BCUT2D eigenvalue weighted by Crippen LogP contribution is 2.37. The van der Waals surface area contributed by atoms with Crippen molar-refractivity contribution in [3.8, 4) is 5.75 Å². The second kappa shape index (κ2) is 4.98. The minimum Gasteiger partial charge on any atom is -0.497 e. The summed E-state index contributed by atoms with van der Waals surface area (Å²) < 4.78 is 9.95. The molecule has 0 amide bonds. The number of rotatable bonds is 3. The minimum absolute atomic E-state index is 0.225. The zero-order valence-corrected chi connectivity index (χ0v) is 10.9. The number of aryl methyl sites for hydroxylation is 1. The van der Waals surface area contributed by atoms with Crippen LogP contribution in [0.3, 0.4) is 0 Å². The van der Waals surface area contributed by atoms with Gasteiger partial charge in [-0.05, 0) is 42.5 Å². The van der Waals surface area contributed by atoms with E-state index in [1.165, 1.54) is 12.7 Å². The van der Waals surface area contributed by atoms with E-state index in [2.05, 4.69) is 0 Å². The van der Waals surface area contributed by atoms with E-state index < -0.39 is 5.54 Å². The fourth-order valence-electron chi connectivity index (χ4n) is 2.63. The topological polar surface area (TPSA) is 61.5 Å². The molecule has 0 spiro atoms. The van der Waals surface area contributed by atoms with Crippen molar-refractivity contribution >= 4 is 5.97 Å². The number of hydrogen-bond acceptors (Lipinski definition) is 4. The third-order valence-corrected chi connectivity index (χ3v) is 3.61. The number of carbonyl (C=O) groups excluding carboxylic acids is 1. The number of benzene rings is 1. The van der Waals surface area contributed by atoms with Gasteiger partial charge in [0.25, 0.3) is 0 Å². The summed E-state index contributed by atoms with van der Waals surface area (Å²) in [6, 6.07) is 5.87. The van der Waals surface area contributed by atoms with Crippen LogP contribution in [-0.2, 0) is 21.5 Å². The lowest BCUT2D eigenvalue weighted by atomic mass is 9.75. The van der Waals surface area contributed by atoms with E-state index in [9.17, 15) is 4.79 Å². The molecule has 1 aliphatic carbocycles. The van der Waals surface area contributed by atoms with Crippen molar-refractivity contribution < 1.29 is 14.3 Å². The van der Waals surface area contributed by atoms with Crippen LogP contribution in [0.15, 0.2) is 18.2 Å². The number of methoxy groups -OCH3 is 2. The van der Waals surface area contributed by atoms with Gasteiger partial charge in [0.15, 0.2) is 0 Å². The van der Waals surface area contributed by atoms with Crippen LogP contribution in [0.5, 0.6) is 5.75 Å². The van der Waals surface area contributed by atoms with Gasteiger partial charge in [0, 0.05) is 0 Å². The first-order chi connectivity index (χ1) is 8.59. The molecule has 1 aromatic carbocycles. The largest absolute Gasteiger partial charge is 0.497 e. The molecule has 4 heteroatoms. The molecule has 1 atom stereocenters. The van der Waals surface area contributed by atoms with E-state index >= 15 is 0 Å². The number of hydrogen-bond donors (Lipinski definition) is 1. The zero-order chi connectivity index (χ0) is 13.2. The van der Waals surface area contributed by atoms with Crippen LogP contribution in [0.25, 0.3) is 0 Å². The van der Waals surface area contributed by atoms with Crippen molar-refractivity contribution in [2.45, 2.75) is 31.2 Å². The molecule has 0 aliphatic heterocycles. The summed E-state index contributed by atoms with van der Waals surface area (Å²) in [6.07, 6.45) is 2.99. The van der Waals surface area contributed by atoms with Crippen molar-refractivity contribution in [2.75, 3.05) is 14.2 Å². The number of nitrogens with two attached hydrogens (primary N) is 1. The first-order valence-corrected chi connectivity index (χ1v) is 6.12. The molecule has 98 valence electrons. The molecule has 18 heavy (non-hydrogen) atoms. The normalized spacial score (nSPS) is 22.2. The summed E-state index contributed by atoms with van der Waals surface area (Å²) in [5, 5.41) is 0. The van der Waals surface area contributed by atoms with E-state index in [1.54, 1.807) is 7.11 Å². The molecular formula is C14H19NO3. The van der Waals surface area contributed by atoms with Crippen LogP contribution in [0, 0.1) is 0 Å². The van der Waals surface area contributed by atoms with Crippen molar-refractivity contribution in [1.82, 2.24) is 0 Å². The summed E-state index contributed by atoms with van der Waals surface area (Å²) in [4.78, 5) is 11.5. The van der Waals surface area contributed by atoms with Gasteiger partial charge in [0.05, 0.1) is 26.2 Å². The molecule has 1 unspecified atom stereocenters. The maximum Gasteiger partial charge on any atom is 0.307 e. The average molecular weight is 249 g/mol. The van der Waals surface area contributed by atoms with E-state index in [-0.39, 0.29) is 12.4 Å². The highest BCUT2D eigenvalue weighted by Gasteiger charge is 2.35. The molecule has 4 nitrogen and oxygen atoms in total. The average Bonchev–Trinajstić information content (AvgIpc) is 2.38. The molecule has 2 rings (SSSR count). The summed E-state index contributed by atoms with van der Waals surface area (Å²) >= 11 is 0. The number of ether oxygens (including phenoxy) is 2. The molecule has 0 fully saturated rings. The number of esters is 1. The van der Waals surface area contributed by atoms with Gasteiger partial charge in [-0.2, -0.15) is 0 Å². The Morgan fingerprint density at radius 1 is 1.44 bits per heavy atom. The van der Waals surface area contributed by atoms with Crippen LogP contribution in [-0.4, -0.2) is 20.2 Å². The highest BCUT2D eigenvalue weighted by atomic mass is 16.5. The Labute approximate surface area is 107 Å². The first kappa shape index (κ1) is 12.9. The molecule has 0 aromatic heterocycles. The zero-order valence-electron chi connectivity index (χ0n) is 10.9. The van der Waals surface area contributed by atoms with Crippen LogP contribution < -0.4 is 10.5 Å². The maximum absolute atomic E-state index is 11.5. The standard InChI is InChI=1S/C14H19NO3/c1-17-11-5-6-12-10(8-11)4-3-7-14(12,15)9-13(16)18-2/h5-6,8H,3-4,7,9,15H2,1-2H3. The number of carbonyl (C=O) groups is 1. The van der Waals surface area contributed by atoms with Crippen molar-refractivity contribution in [3.63, 3.8) is 0 Å². The fraction of sp³-hybridized carbons (Fsp3) is 0.500. The highest BCUT2D eigenvalue weighted by molar-refractivity contribution is 5.71. The Morgan fingerprint density at radius 3 is 2.89 bits per heavy atom. The monoisotopic (exact) mass is 249 g/mol. The molecular weight excluding hydrogens is 230 g/mol. The van der Waals surface area contributed by atoms with Gasteiger partial charge in [-0.1, -0.05) is 6.07 Å². The fourth-order valence-corrected chi connectivity index (χ4v) is 2.63. The van der Waals surface area contributed by atoms with Crippen molar-refractivity contribution in [2.24, 2.45) is 5.73 Å². The predicted octanol–water partition coefficient (Wildman–Crippen LogP) is 1.75. The molecule has 0 radical (unpaired) electrons. The lowest BCUT2D eigenvalue weighted by Gasteiger charge is -2.35. The third kappa shape index (κ3) is 2.34. The van der Waals surface area contributed by atoms with Gasteiger partial charge < -0.3 is 15.2 Å². The van der Waals surface area contributed by atoms with Crippen LogP contribution in [0.1, 0.15) is 30.4 Å². The Kier molecular flexibility index (Phi) is 3.57. The van der Waals surface area contributed by atoms with Gasteiger partial charge in [0.1, 0.15) is 5.75 Å². The van der Waals surface area contributed by atoms with E-state index in [4.69, 9.17) is 15.2 Å². The minimum atomic E-state index is -0.604. The summed E-state index contributed by atoms with van der Waals surface area (Å²) in [7, 11) is 3.04. The van der Waals surface area contributed by atoms with Crippen LogP contribution >= 0.6 is 0 Å². The summed E-state index contributed by atoms with van der Waals surface area (Å²) in [5.74, 6) is 0.567. The number of fused-ring (bicyclic) bond motifs is 1. The summed E-state index contributed by atoms with van der Waals surface area (Å²) in [5.41, 5.74) is 8.01. The van der Waals surface area contributed by atoms with Crippen LogP contribution in [0.2, 0.25) is 0 Å². The quantitative estimate of drug-likeness (QED) is 0.829. The lowest BCUT2D eigenvalue weighted by Crippen LogP contribution is -2.42. The molecule has 0 bridgehead atoms. The Balaban J connectivity index is 2.35. The lowest BCUT2D eigenvalue weighted by molar-refractivity contribution is -0.142. The van der Waals surface area contributed by atoms with Gasteiger partial charge in [-0.15, -0.1) is 0 Å². The molecule has 2 N–H and O–H groups in total. The third-order valence-electron chi connectivity index (χ3n) is 3.61. The molecule has 0 saturated heterocycles. The Hall–Kier alpha value is -1.55. The van der Waals surface area contributed by atoms with Crippen molar-refractivity contribution in [3.05, 3.63) is 29.3 Å². The van der Waals surface area contributed by atoms with E-state index in [0.29, 0.717) is 0 Å².